The summed E-state index contributed by atoms with van der Waals surface area (Å²) >= 11 is 0. The maximum Gasteiger partial charge on any atom is 0.244 e. The molecule has 2 aliphatic carbocycles. The molecule has 152 valence electrons. The average molecular weight is 386 g/mol. The highest BCUT2D eigenvalue weighted by molar-refractivity contribution is 5.82. The molecule has 6 heteroatoms. The standard InChI is InChI=1S/C22H32N4O2/c27-21(23-24-22(28)16-19-15-17-6-7-18(19)14-17)8-9-25-10-12-26(13-11-25)20-4-2-1-3-5-20/h1-5,17-19H,6-16H2,(H,23,27)(H,24,28)/p+1/t17-,18-,19-/m1/s1. The molecule has 1 saturated heterocycles. The van der Waals surface area contributed by atoms with E-state index < -0.39 is 0 Å². The Labute approximate surface area is 167 Å². The van der Waals surface area contributed by atoms with Crippen molar-refractivity contribution in [1.82, 2.24) is 10.9 Å². The Kier molecular flexibility index (Phi) is 6.15. The molecular formula is C22H33N4O2+. The third-order valence-electron chi connectivity index (χ3n) is 6.97. The molecule has 1 aromatic rings. The summed E-state index contributed by atoms with van der Waals surface area (Å²) in [5, 5.41) is 0. The molecule has 1 aromatic carbocycles. The first kappa shape index (κ1) is 19.2. The van der Waals surface area contributed by atoms with E-state index in [0.717, 1.165) is 44.6 Å². The van der Waals surface area contributed by atoms with E-state index in [0.29, 0.717) is 18.8 Å². The van der Waals surface area contributed by atoms with Crippen LogP contribution < -0.4 is 20.7 Å². The van der Waals surface area contributed by atoms with Crippen LogP contribution in [0.25, 0.3) is 0 Å². The minimum atomic E-state index is -0.0840. The molecule has 28 heavy (non-hydrogen) atoms. The van der Waals surface area contributed by atoms with Gasteiger partial charge in [-0.1, -0.05) is 24.6 Å². The molecule has 0 aromatic heterocycles. The van der Waals surface area contributed by atoms with Crippen molar-refractivity contribution in [3.05, 3.63) is 30.3 Å². The molecule has 3 N–H and O–H groups in total. The van der Waals surface area contributed by atoms with Crippen molar-refractivity contribution in [2.75, 3.05) is 37.6 Å². The van der Waals surface area contributed by atoms with Gasteiger partial charge in [-0.15, -0.1) is 0 Å². The molecule has 0 unspecified atom stereocenters. The van der Waals surface area contributed by atoms with Gasteiger partial charge in [0.05, 0.1) is 39.1 Å². The Morgan fingerprint density at radius 2 is 1.75 bits per heavy atom. The van der Waals surface area contributed by atoms with Crippen LogP contribution in [0.15, 0.2) is 30.3 Å². The van der Waals surface area contributed by atoms with Gasteiger partial charge in [0, 0.05) is 12.1 Å². The number of nitrogens with one attached hydrogen (secondary N) is 3. The van der Waals surface area contributed by atoms with Crippen LogP contribution in [0.4, 0.5) is 5.69 Å². The topological polar surface area (TPSA) is 65.9 Å². The number of carbonyl (C=O) groups excluding carboxylic acids is 2. The maximum absolute atomic E-state index is 12.1. The predicted octanol–water partition coefficient (Wildman–Crippen LogP) is 0.755. The van der Waals surface area contributed by atoms with Gasteiger partial charge < -0.3 is 9.80 Å². The zero-order chi connectivity index (χ0) is 19.3. The number of benzene rings is 1. The van der Waals surface area contributed by atoms with Crippen LogP contribution in [0.3, 0.4) is 0 Å². The number of para-hydroxylation sites is 1. The van der Waals surface area contributed by atoms with Crippen LogP contribution in [-0.2, 0) is 9.59 Å². The van der Waals surface area contributed by atoms with Gasteiger partial charge in [-0.3, -0.25) is 20.4 Å². The largest absolute Gasteiger partial charge is 0.360 e. The Balaban J connectivity index is 1.09. The third kappa shape index (κ3) is 4.85. The Bertz CT molecular complexity index is 672. The van der Waals surface area contributed by atoms with Crippen molar-refractivity contribution in [2.24, 2.45) is 17.8 Å². The number of carbonyl (C=O) groups is 2. The first-order valence-corrected chi connectivity index (χ1v) is 10.9. The van der Waals surface area contributed by atoms with Gasteiger partial charge in [-0.25, -0.2) is 0 Å². The summed E-state index contributed by atoms with van der Waals surface area (Å²) in [5.41, 5.74) is 6.52. The summed E-state index contributed by atoms with van der Waals surface area (Å²) in [5.74, 6) is 2.00. The van der Waals surface area contributed by atoms with Crippen LogP contribution in [0.1, 0.15) is 38.5 Å². The third-order valence-corrected chi connectivity index (χ3v) is 6.97. The van der Waals surface area contributed by atoms with Crippen molar-refractivity contribution >= 4 is 17.5 Å². The van der Waals surface area contributed by atoms with Gasteiger partial charge in [0.15, 0.2) is 0 Å². The van der Waals surface area contributed by atoms with Crippen molar-refractivity contribution in [1.29, 1.82) is 0 Å². The lowest BCUT2D eigenvalue weighted by molar-refractivity contribution is -0.900. The summed E-state index contributed by atoms with van der Waals surface area (Å²) in [6, 6.07) is 10.5. The average Bonchev–Trinajstić information content (AvgIpc) is 3.35. The Hall–Kier alpha value is -2.08. The fourth-order valence-corrected chi connectivity index (χ4v) is 5.38. The highest BCUT2D eigenvalue weighted by atomic mass is 16.2. The van der Waals surface area contributed by atoms with Crippen LogP contribution in [0.2, 0.25) is 0 Å². The number of rotatable bonds is 6. The zero-order valence-electron chi connectivity index (χ0n) is 16.7. The molecule has 2 saturated carbocycles. The second kappa shape index (κ2) is 8.95. The first-order valence-electron chi connectivity index (χ1n) is 10.9. The van der Waals surface area contributed by atoms with E-state index in [2.05, 4.69) is 40.0 Å². The summed E-state index contributed by atoms with van der Waals surface area (Å²) in [6.07, 6.45) is 6.16. The predicted molar refractivity (Wildman–Crippen MR) is 109 cm³/mol. The van der Waals surface area contributed by atoms with E-state index in [1.54, 1.807) is 0 Å². The highest BCUT2D eigenvalue weighted by Gasteiger charge is 2.40. The van der Waals surface area contributed by atoms with Gasteiger partial charge >= 0.3 is 0 Å². The number of quaternary nitrogens is 1. The maximum atomic E-state index is 12.1. The Morgan fingerprint density at radius 3 is 2.43 bits per heavy atom. The molecule has 1 heterocycles. The van der Waals surface area contributed by atoms with E-state index in [-0.39, 0.29) is 11.8 Å². The molecule has 0 spiro atoms. The summed E-state index contributed by atoms with van der Waals surface area (Å²) in [4.78, 5) is 28.1. The molecule has 0 radical (unpaired) electrons. The molecule has 4 rings (SSSR count). The minimum Gasteiger partial charge on any atom is -0.360 e. The number of hydrazine groups is 1. The minimum absolute atomic E-state index is 0.0327. The summed E-state index contributed by atoms with van der Waals surface area (Å²) in [7, 11) is 0. The van der Waals surface area contributed by atoms with Gasteiger partial charge in [0.2, 0.25) is 11.8 Å². The zero-order valence-corrected chi connectivity index (χ0v) is 16.7. The molecule has 2 amide bonds. The quantitative estimate of drug-likeness (QED) is 0.634. The highest BCUT2D eigenvalue weighted by Crippen LogP contribution is 2.49. The SMILES string of the molecule is O=C(CC[NH+]1CCN(c2ccccc2)CC1)NNC(=O)C[C@H]1C[C@@H]2CC[C@@H]1C2. The number of piperazine rings is 1. The molecular weight excluding hydrogens is 352 g/mol. The smallest absolute Gasteiger partial charge is 0.244 e. The molecule has 6 nitrogen and oxygen atoms in total. The van der Waals surface area contributed by atoms with E-state index in [4.69, 9.17) is 0 Å². The molecule has 3 fully saturated rings. The molecule has 3 atom stereocenters. The fraction of sp³-hybridized carbons (Fsp3) is 0.636. The molecule has 2 bridgehead atoms. The lowest BCUT2D eigenvalue weighted by atomic mass is 9.86. The van der Waals surface area contributed by atoms with Crippen molar-refractivity contribution in [3.8, 4) is 0 Å². The monoisotopic (exact) mass is 385 g/mol. The van der Waals surface area contributed by atoms with Gasteiger partial charge in [0.1, 0.15) is 0 Å². The van der Waals surface area contributed by atoms with Crippen LogP contribution >= 0.6 is 0 Å². The van der Waals surface area contributed by atoms with E-state index >= 15 is 0 Å². The van der Waals surface area contributed by atoms with Crippen LogP contribution in [0, 0.1) is 17.8 Å². The number of hydrogen-bond acceptors (Lipinski definition) is 3. The second-order valence-electron chi connectivity index (χ2n) is 8.81. The van der Waals surface area contributed by atoms with Crippen LogP contribution in [-0.4, -0.2) is 44.5 Å². The lowest BCUT2D eigenvalue weighted by Crippen LogP contribution is -3.15. The van der Waals surface area contributed by atoms with E-state index in [1.165, 1.54) is 36.3 Å². The number of hydrogen-bond donors (Lipinski definition) is 3. The van der Waals surface area contributed by atoms with Gasteiger partial charge in [-0.2, -0.15) is 0 Å². The van der Waals surface area contributed by atoms with E-state index in [1.807, 2.05) is 6.07 Å². The number of amides is 2. The molecule has 1 aliphatic heterocycles. The summed E-state index contributed by atoms with van der Waals surface area (Å²) < 4.78 is 0. The summed E-state index contributed by atoms with van der Waals surface area (Å²) in [6.45, 7) is 4.93. The normalized spacial score (nSPS) is 27.0. The number of anilines is 1. The number of nitrogens with zero attached hydrogens (tertiary/aromatic N) is 1. The van der Waals surface area contributed by atoms with Gasteiger partial charge in [0.25, 0.3) is 0 Å². The Morgan fingerprint density at radius 1 is 1.00 bits per heavy atom. The second-order valence-corrected chi connectivity index (χ2v) is 8.81. The first-order chi connectivity index (χ1) is 13.7. The van der Waals surface area contributed by atoms with Crippen molar-refractivity contribution in [3.63, 3.8) is 0 Å². The number of fused-ring (bicyclic) bond motifs is 2. The molecule has 3 aliphatic rings. The van der Waals surface area contributed by atoms with Gasteiger partial charge in [-0.05, 0) is 49.1 Å². The lowest BCUT2D eigenvalue weighted by Gasteiger charge is -2.33. The van der Waals surface area contributed by atoms with Crippen molar-refractivity contribution < 1.29 is 14.5 Å². The van der Waals surface area contributed by atoms with Crippen LogP contribution in [0.5, 0.6) is 0 Å². The fourth-order valence-electron chi connectivity index (χ4n) is 5.38. The van der Waals surface area contributed by atoms with Crippen molar-refractivity contribution in [2.45, 2.75) is 38.5 Å². The van der Waals surface area contributed by atoms with E-state index in [9.17, 15) is 9.59 Å².